The van der Waals surface area contributed by atoms with Crippen LogP contribution in [0.5, 0.6) is 5.75 Å². The number of phenolic OH excluding ortho intramolecular Hbond substituents is 1. The number of nitrogens with zero attached hydrogens (tertiary/aromatic N) is 1. The molecule has 1 rings (SSSR count). The summed E-state index contributed by atoms with van der Waals surface area (Å²) < 4.78 is 1.86. The van der Waals surface area contributed by atoms with Gasteiger partial charge in [-0.05, 0) is 63.2 Å². The molecule has 2 N–H and O–H groups in total. The lowest BCUT2D eigenvalue weighted by Gasteiger charge is -2.12. The number of aliphatic hydroxyl groups is 1. The number of aliphatic imine (C=N–C) groups is 1. The smallest absolute Gasteiger partial charge is 0.137 e. The van der Waals surface area contributed by atoms with Crippen molar-refractivity contribution in [2.45, 2.75) is 19.9 Å². The molecule has 17 heavy (non-hydrogen) atoms. The van der Waals surface area contributed by atoms with Gasteiger partial charge >= 0.3 is 0 Å². The van der Waals surface area contributed by atoms with E-state index in [1.54, 1.807) is 6.21 Å². The Hall–Kier alpha value is 0.110. The van der Waals surface area contributed by atoms with E-state index in [9.17, 15) is 10.2 Å². The second-order valence-corrected chi connectivity index (χ2v) is 6.51. The Bertz CT molecular complexity index is 419. The van der Waals surface area contributed by atoms with Gasteiger partial charge in [0.15, 0.2) is 0 Å². The molecule has 0 bridgehead atoms. The number of hydrogen-bond donors (Lipinski definition) is 2. The highest BCUT2D eigenvalue weighted by Gasteiger charge is 2.10. The lowest BCUT2D eigenvalue weighted by atomic mass is 10.1. The Morgan fingerprint density at radius 2 is 2.00 bits per heavy atom. The number of benzene rings is 1. The standard InChI is InChI=1S/C12H15I2NO2/c1-7(2)11(6-16)15-5-8-3-9(13)4-10(14)12(8)17/h3-5,7,11,16-17H,6H2,1-2H3. The van der Waals surface area contributed by atoms with Crippen LogP contribution in [-0.2, 0) is 0 Å². The molecule has 3 nitrogen and oxygen atoms in total. The number of phenols is 1. The maximum atomic E-state index is 9.88. The first kappa shape index (κ1) is 15.2. The van der Waals surface area contributed by atoms with Crippen LogP contribution >= 0.6 is 45.2 Å². The fourth-order valence-corrected chi connectivity index (χ4v) is 3.18. The highest BCUT2D eigenvalue weighted by Crippen LogP contribution is 2.25. The van der Waals surface area contributed by atoms with Crippen molar-refractivity contribution in [2.75, 3.05) is 6.61 Å². The van der Waals surface area contributed by atoms with Crippen LogP contribution in [0.2, 0.25) is 0 Å². The Kier molecular flexibility index (Phi) is 6.14. The second kappa shape index (κ2) is 6.89. The molecule has 5 heteroatoms. The van der Waals surface area contributed by atoms with Gasteiger partial charge in [0.2, 0.25) is 0 Å². The van der Waals surface area contributed by atoms with E-state index in [-0.39, 0.29) is 24.3 Å². The van der Waals surface area contributed by atoms with Gasteiger partial charge in [0.05, 0.1) is 16.2 Å². The predicted octanol–water partition coefficient (Wildman–Crippen LogP) is 3.04. The van der Waals surface area contributed by atoms with Crippen LogP contribution in [0.3, 0.4) is 0 Å². The van der Waals surface area contributed by atoms with Crippen LogP contribution in [0.15, 0.2) is 17.1 Å². The number of hydrogen-bond acceptors (Lipinski definition) is 3. The zero-order valence-corrected chi connectivity index (χ0v) is 14.0. The van der Waals surface area contributed by atoms with Crippen molar-refractivity contribution in [3.63, 3.8) is 0 Å². The van der Waals surface area contributed by atoms with Gasteiger partial charge in [-0.2, -0.15) is 0 Å². The molecule has 0 aliphatic carbocycles. The summed E-state index contributed by atoms with van der Waals surface area (Å²) in [6, 6.07) is 3.65. The van der Waals surface area contributed by atoms with Crippen molar-refractivity contribution >= 4 is 51.4 Å². The van der Waals surface area contributed by atoms with Crippen LogP contribution in [-0.4, -0.2) is 29.1 Å². The van der Waals surface area contributed by atoms with Gasteiger partial charge in [0.25, 0.3) is 0 Å². The number of aromatic hydroxyl groups is 1. The summed E-state index contributed by atoms with van der Waals surface area (Å²) in [5.41, 5.74) is 0.695. The first-order chi connectivity index (χ1) is 7.95. The molecular weight excluding hydrogens is 444 g/mol. The van der Waals surface area contributed by atoms with Crippen LogP contribution in [0.25, 0.3) is 0 Å². The summed E-state index contributed by atoms with van der Waals surface area (Å²) in [6.07, 6.45) is 1.64. The molecule has 0 saturated heterocycles. The topological polar surface area (TPSA) is 52.8 Å². The Morgan fingerprint density at radius 1 is 1.35 bits per heavy atom. The number of halogens is 2. The lowest BCUT2D eigenvalue weighted by molar-refractivity contribution is 0.240. The average molecular weight is 459 g/mol. The first-order valence-corrected chi connectivity index (χ1v) is 7.43. The predicted molar refractivity (Wildman–Crippen MR) is 86.8 cm³/mol. The fraction of sp³-hybridized carbons (Fsp3) is 0.417. The molecule has 94 valence electrons. The van der Waals surface area contributed by atoms with Gasteiger partial charge in [-0.15, -0.1) is 0 Å². The van der Waals surface area contributed by atoms with Crippen molar-refractivity contribution in [3.8, 4) is 5.75 Å². The van der Waals surface area contributed by atoms with Gasteiger partial charge < -0.3 is 10.2 Å². The van der Waals surface area contributed by atoms with Crippen molar-refractivity contribution in [3.05, 3.63) is 24.8 Å². The van der Waals surface area contributed by atoms with Gasteiger partial charge in [-0.3, -0.25) is 4.99 Å². The molecule has 0 aliphatic heterocycles. The zero-order valence-electron chi connectivity index (χ0n) is 9.69. The van der Waals surface area contributed by atoms with E-state index in [2.05, 4.69) is 50.2 Å². The van der Waals surface area contributed by atoms with Crippen molar-refractivity contribution < 1.29 is 10.2 Å². The molecule has 0 spiro atoms. The minimum atomic E-state index is -0.120. The molecular formula is C12H15I2NO2. The van der Waals surface area contributed by atoms with E-state index in [0.717, 1.165) is 7.14 Å². The third-order valence-corrected chi connectivity index (χ3v) is 3.86. The molecule has 0 aromatic heterocycles. The van der Waals surface area contributed by atoms with E-state index in [0.29, 0.717) is 5.56 Å². The summed E-state index contributed by atoms with van der Waals surface area (Å²) in [5.74, 6) is 0.524. The second-order valence-electron chi connectivity index (χ2n) is 4.10. The summed E-state index contributed by atoms with van der Waals surface area (Å²) in [5, 5.41) is 19.1. The summed E-state index contributed by atoms with van der Waals surface area (Å²) >= 11 is 4.29. The Balaban J connectivity index is 2.98. The normalized spacial score (nSPS) is 13.5. The van der Waals surface area contributed by atoms with Crippen LogP contribution in [0.1, 0.15) is 19.4 Å². The van der Waals surface area contributed by atoms with Crippen LogP contribution in [0, 0.1) is 13.1 Å². The van der Waals surface area contributed by atoms with E-state index in [1.165, 1.54) is 0 Å². The third kappa shape index (κ3) is 4.36. The summed E-state index contributed by atoms with van der Waals surface area (Å²) in [6.45, 7) is 4.04. The highest BCUT2D eigenvalue weighted by molar-refractivity contribution is 14.1. The molecule has 1 unspecified atom stereocenters. The highest BCUT2D eigenvalue weighted by atomic mass is 127. The molecule has 1 atom stereocenters. The summed E-state index contributed by atoms with van der Waals surface area (Å²) in [7, 11) is 0. The first-order valence-electron chi connectivity index (χ1n) is 5.27. The Labute approximate surface area is 129 Å². The van der Waals surface area contributed by atoms with E-state index >= 15 is 0 Å². The maximum Gasteiger partial charge on any atom is 0.137 e. The van der Waals surface area contributed by atoms with Crippen molar-refractivity contribution in [2.24, 2.45) is 10.9 Å². The van der Waals surface area contributed by atoms with E-state index < -0.39 is 0 Å². The maximum absolute atomic E-state index is 9.88. The molecule has 0 amide bonds. The molecule has 0 radical (unpaired) electrons. The fourth-order valence-electron chi connectivity index (χ4n) is 1.29. The third-order valence-electron chi connectivity index (χ3n) is 2.42. The molecule has 0 fully saturated rings. The zero-order chi connectivity index (χ0) is 13.0. The molecule has 1 aromatic carbocycles. The molecule has 0 saturated carbocycles. The summed E-state index contributed by atoms with van der Waals surface area (Å²) in [4.78, 5) is 4.31. The number of rotatable bonds is 4. The largest absolute Gasteiger partial charge is 0.506 e. The lowest BCUT2D eigenvalue weighted by Crippen LogP contribution is -2.17. The Morgan fingerprint density at radius 3 is 2.53 bits per heavy atom. The van der Waals surface area contributed by atoms with Gasteiger partial charge in [0, 0.05) is 15.3 Å². The average Bonchev–Trinajstić information content (AvgIpc) is 2.25. The molecule has 0 heterocycles. The van der Waals surface area contributed by atoms with E-state index in [4.69, 9.17) is 0 Å². The van der Waals surface area contributed by atoms with Gasteiger partial charge in [-0.25, -0.2) is 0 Å². The van der Waals surface area contributed by atoms with Crippen molar-refractivity contribution in [1.29, 1.82) is 0 Å². The van der Waals surface area contributed by atoms with Crippen LogP contribution < -0.4 is 0 Å². The minimum absolute atomic E-state index is 0.0238. The van der Waals surface area contributed by atoms with E-state index in [1.807, 2.05) is 26.0 Å². The molecule has 1 aromatic rings. The minimum Gasteiger partial charge on any atom is -0.506 e. The van der Waals surface area contributed by atoms with Gasteiger partial charge in [0.1, 0.15) is 5.75 Å². The monoisotopic (exact) mass is 459 g/mol. The van der Waals surface area contributed by atoms with Crippen molar-refractivity contribution in [1.82, 2.24) is 0 Å². The van der Waals surface area contributed by atoms with Crippen LogP contribution in [0.4, 0.5) is 0 Å². The quantitative estimate of drug-likeness (QED) is 0.538. The van der Waals surface area contributed by atoms with Gasteiger partial charge in [-0.1, -0.05) is 13.8 Å². The SMILES string of the molecule is CC(C)C(CO)N=Cc1cc(I)cc(I)c1O. The molecule has 0 aliphatic rings. The number of aliphatic hydroxyl groups excluding tert-OH is 1.